The number of hydrogen-bond acceptors (Lipinski definition) is 3. The van der Waals surface area contributed by atoms with Gasteiger partial charge in [0.2, 0.25) is 0 Å². The molecule has 2 heterocycles. The van der Waals surface area contributed by atoms with Gasteiger partial charge in [-0.1, -0.05) is 35.3 Å². The molecule has 5 nitrogen and oxygen atoms in total. The molecule has 0 saturated carbocycles. The molecular formula is C20H19Cl2N3O2. The number of aromatic amines is 1. The monoisotopic (exact) mass is 403 g/mol. The highest BCUT2D eigenvalue weighted by Crippen LogP contribution is 2.25. The second kappa shape index (κ2) is 7.43. The van der Waals surface area contributed by atoms with Gasteiger partial charge in [0.25, 0.3) is 5.56 Å². The van der Waals surface area contributed by atoms with E-state index in [4.69, 9.17) is 27.9 Å². The van der Waals surface area contributed by atoms with Gasteiger partial charge in [-0.05, 0) is 36.2 Å². The highest BCUT2D eigenvalue weighted by Gasteiger charge is 2.23. The highest BCUT2D eigenvalue weighted by atomic mass is 35.5. The first-order valence-electron chi connectivity index (χ1n) is 8.68. The fraction of sp³-hybridized carbons (Fsp3) is 0.250. The van der Waals surface area contributed by atoms with E-state index in [9.17, 15) is 4.79 Å². The summed E-state index contributed by atoms with van der Waals surface area (Å²) in [6, 6.07) is 13.0. The molecule has 0 aliphatic carbocycles. The summed E-state index contributed by atoms with van der Waals surface area (Å²) in [5, 5.41) is 4.55. The first kappa shape index (κ1) is 18.2. The van der Waals surface area contributed by atoms with Gasteiger partial charge in [-0.15, -0.1) is 0 Å². The third kappa shape index (κ3) is 3.63. The van der Waals surface area contributed by atoms with Crippen LogP contribution in [0, 0.1) is 0 Å². The lowest BCUT2D eigenvalue weighted by atomic mass is 10.1. The third-order valence-electron chi connectivity index (χ3n) is 4.85. The van der Waals surface area contributed by atoms with E-state index < -0.39 is 0 Å². The number of methoxy groups -OCH3 is 1. The van der Waals surface area contributed by atoms with Crippen LogP contribution in [0.25, 0.3) is 5.69 Å². The Morgan fingerprint density at radius 1 is 1.19 bits per heavy atom. The van der Waals surface area contributed by atoms with Crippen molar-refractivity contribution in [3.63, 3.8) is 0 Å². The van der Waals surface area contributed by atoms with Crippen LogP contribution in [0.1, 0.15) is 16.8 Å². The van der Waals surface area contributed by atoms with Crippen LogP contribution in [-0.4, -0.2) is 28.3 Å². The SMILES string of the molecule is COc1cccc(-n2[nH]c3c(c2=O)CCN(Cc2ccc(Cl)cc2Cl)C3)c1. The summed E-state index contributed by atoms with van der Waals surface area (Å²) >= 11 is 12.3. The van der Waals surface area contributed by atoms with Crippen molar-refractivity contribution in [3.05, 3.63) is 79.7 Å². The van der Waals surface area contributed by atoms with Crippen molar-refractivity contribution in [3.8, 4) is 11.4 Å². The number of ether oxygens (including phenoxy) is 1. The molecule has 1 aliphatic heterocycles. The molecule has 2 aromatic carbocycles. The van der Waals surface area contributed by atoms with Crippen molar-refractivity contribution >= 4 is 23.2 Å². The molecule has 0 spiro atoms. The minimum atomic E-state index is 0.00225. The van der Waals surface area contributed by atoms with Gasteiger partial charge in [0.05, 0.1) is 18.5 Å². The Labute approximate surface area is 167 Å². The minimum Gasteiger partial charge on any atom is -0.497 e. The Balaban J connectivity index is 1.59. The van der Waals surface area contributed by atoms with Crippen LogP contribution in [-0.2, 0) is 19.5 Å². The van der Waals surface area contributed by atoms with Crippen LogP contribution >= 0.6 is 23.2 Å². The number of aromatic nitrogens is 2. The zero-order chi connectivity index (χ0) is 19.0. The smallest absolute Gasteiger partial charge is 0.274 e. The van der Waals surface area contributed by atoms with Crippen molar-refractivity contribution in [2.75, 3.05) is 13.7 Å². The van der Waals surface area contributed by atoms with Crippen LogP contribution in [0.15, 0.2) is 47.3 Å². The Kier molecular flexibility index (Phi) is 5.00. The number of fused-ring (bicyclic) bond motifs is 1. The van der Waals surface area contributed by atoms with Gasteiger partial charge in [-0.2, -0.15) is 0 Å². The van der Waals surface area contributed by atoms with E-state index in [1.807, 2.05) is 36.4 Å². The van der Waals surface area contributed by atoms with E-state index in [2.05, 4.69) is 10.00 Å². The van der Waals surface area contributed by atoms with E-state index in [0.29, 0.717) is 35.3 Å². The molecule has 1 N–H and O–H groups in total. The molecule has 0 saturated heterocycles. The molecule has 0 unspecified atom stereocenters. The molecule has 0 atom stereocenters. The lowest BCUT2D eigenvalue weighted by Gasteiger charge is -2.26. The van der Waals surface area contributed by atoms with Crippen LogP contribution in [0.2, 0.25) is 10.0 Å². The summed E-state index contributed by atoms with van der Waals surface area (Å²) in [7, 11) is 1.61. The second-order valence-electron chi connectivity index (χ2n) is 6.61. The molecule has 0 amide bonds. The molecule has 0 fully saturated rings. The molecule has 140 valence electrons. The lowest BCUT2D eigenvalue weighted by Crippen LogP contribution is -2.31. The summed E-state index contributed by atoms with van der Waals surface area (Å²) in [5.41, 5.74) is 3.58. The molecule has 4 rings (SSSR count). The quantitative estimate of drug-likeness (QED) is 0.714. The number of halogens is 2. The average Bonchev–Trinajstić information content (AvgIpc) is 3.00. The number of benzene rings is 2. The maximum Gasteiger partial charge on any atom is 0.274 e. The van der Waals surface area contributed by atoms with Crippen molar-refractivity contribution in [2.24, 2.45) is 0 Å². The summed E-state index contributed by atoms with van der Waals surface area (Å²) in [5.74, 6) is 0.714. The molecule has 3 aromatic rings. The Bertz CT molecular complexity index is 1040. The van der Waals surface area contributed by atoms with Crippen LogP contribution in [0.3, 0.4) is 0 Å². The van der Waals surface area contributed by atoms with Crippen LogP contribution in [0.5, 0.6) is 5.75 Å². The summed E-state index contributed by atoms with van der Waals surface area (Å²) < 4.78 is 6.85. The second-order valence-corrected chi connectivity index (χ2v) is 7.45. The van der Waals surface area contributed by atoms with Crippen LogP contribution in [0.4, 0.5) is 0 Å². The minimum absolute atomic E-state index is 0.00225. The summed E-state index contributed by atoms with van der Waals surface area (Å²) in [4.78, 5) is 15.1. The average molecular weight is 404 g/mol. The van der Waals surface area contributed by atoms with Crippen molar-refractivity contribution in [1.29, 1.82) is 0 Å². The molecular weight excluding hydrogens is 385 g/mol. The van der Waals surface area contributed by atoms with E-state index in [-0.39, 0.29) is 5.56 Å². The van der Waals surface area contributed by atoms with E-state index in [1.165, 1.54) is 0 Å². The predicted molar refractivity (Wildman–Crippen MR) is 107 cm³/mol. The van der Waals surface area contributed by atoms with Gasteiger partial charge in [0.15, 0.2) is 0 Å². The van der Waals surface area contributed by atoms with Crippen molar-refractivity contribution in [2.45, 2.75) is 19.5 Å². The van der Waals surface area contributed by atoms with Gasteiger partial charge < -0.3 is 4.74 Å². The number of rotatable bonds is 4. The zero-order valence-electron chi connectivity index (χ0n) is 14.8. The van der Waals surface area contributed by atoms with E-state index in [1.54, 1.807) is 17.9 Å². The largest absolute Gasteiger partial charge is 0.497 e. The maximum atomic E-state index is 12.8. The Morgan fingerprint density at radius 2 is 2.04 bits per heavy atom. The molecule has 1 aliphatic rings. The van der Waals surface area contributed by atoms with Gasteiger partial charge in [0, 0.05) is 41.3 Å². The fourth-order valence-electron chi connectivity index (χ4n) is 3.44. The van der Waals surface area contributed by atoms with Crippen molar-refractivity contribution in [1.82, 2.24) is 14.7 Å². The molecule has 27 heavy (non-hydrogen) atoms. The van der Waals surface area contributed by atoms with E-state index in [0.717, 1.165) is 29.1 Å². The fourth-order valence-corrected chi connectivity index (χ4v) is 3.90. The molecule has 0 radical (unpaired) electrons. The number of nitrogens with zero attached hydrogens (tertiary/aromatic N) is 2. The molecule has 0 bridgehead atoms. The molecule has 7 heteroatoms. The maximum absolute atomic E-state index is 12.8. The van der Waals surface area contributed by atoms with Crippen LogP contribution < -0.4 is 10.3 Å². The summed E-state index contributed by atoms with van der Waals surface area (Å²) in [6.07, 6.45) is 0.701. The van der Waals surface area contributed by atoms with Crippen molar-refractivity contribution < 1.29 is 4.74 Å². The lowest BCUT2D eigenvalue weighted by molar-refractivity contribution is 0.242. The standard InChI is InChI=1S/C20H19Cl2N3O2/c1-27-16-4-2-3-15(10-16)25-20(26)17-7-8-24(12-19(17)23-25)11-13-5-6-14(21)9-18(13)22/h2-6,9-10,23H,7-8,11-12H2,1H3. The van der Waals surface area contributed by atoms with Gasteiger partial charge in [-0.3, -0.25) is 14.8 Å². The van der Waals surface area contributed by atoms with Gasteiger partial charge in [-0.25, -0.2) is 4.68 Å². The predicted octanol–water partition coefficient (Wildman–Crippen LogP) is 4.04. The Hall–Kier alpha value is -2.21. The number of H-pyrrole nitrogens is 1. The molecule has 1 aromatic heterocycles. The first-order valence-corrected chi connectivity index (χ1v) is 9.44. The first-order chi connectivity index (χ1) is 13.0. The van der Waals surface area contributed by atoms with E-state index >= 15 is 0 Å². The Morgan fingerprint density at radius 3 is 2.81 bits per heavy atom. The zero-order valence-corrected chi connectivity index (χ0v) is 16.3. The van der Waals surface area contributed by atoms with Gasteiger partial charge >= 0.3 is 0 Å². The number of hydrogen-bond donors (Lipinski definition) is 1. The normalized spacial score (nSPS) is 14.2. The van der Waals surface area contributed by atoms with Gasteiger partial charge in [0.1, 0.15) is 5.75 Å². The number of nitrogens with one attached hydrogen (secondary N) is 1. The topological polar surface area (TPSA) is 50.3 Å². The summed E-state index contributed by atoms with van der Waals surface area (Å²) in [6.45, 7) is 2.18. The third-order valence-corrected chi connectivity index (χ3v) is 5.44. The highest BCUT2D eigenvalue weighted by molar-refractivity contribution is 6.35.